The van der Waals surface area contributed by atoms with Crippen LogP contribution in [-0.2, 0) is 0 Å². The number of aromatic amines is 1. The van der Waals surface area contributed by atoms with E-state index in [1.807, 2.05) is 12.1 Å². The number of H-pyrrole nitrogens is 1. The summed E-state index contributed by atoms with van der Waals surface area (Å²) < 4.78 is 0.823. The van der Waals surface area contributed by atoms with E-state index in [1.54, 1.807) is 48.5 Å². The van der Waals surface area contributed by atoms with E-state index in [4.69, 9.17) is 5.73 Å². The minimum atomic E-state index is -0.637. The SMILES string of the molecule is Nc1nc2[nH]cnc2c(=O)n1C(=O)N(c1ccccc1)c1ccccc1. The average Bonchev–Trinajstić information content (AvgIpc) is 3.12. The van der Waals surface area contributed by atoms with Gasteiger partial charge in [0, 0.05) is 0 Å². The molecule has 128 valence electrons. The van der Waals surface area contributed by atoms with Crippen LogP contribution in [0.15, 0.2) is 71.8 Å². The number of hydrogen-bond donors (Lipinski definition) is 2. The van der Waals surface area contributed by atoms with Crippen molar-refractivity contribution in [3.05, 3.63) is 77.3 Å². The molecule has 26 heavy (non-hydrogen) atoms. The van der Waals surface area contributed by atoms with Crippen molar-refractivity contribution in [2.24, 2.45) is 0 Å². The Kier molecular flexibility index (Phi) is 3.70. The molecule has 0 aliphatic carbocycles. The molecule has 0 atom stereocenters. The van der Waals surface area contributed by atoms with E-state index >= 15 is 0 Å². The van der Waals surface area contributed by atoms with E-state index in [2.05, 4.69) is 15.0 Å². The summed E-state index contributed by atoms with van der Waals surface area (Å²) in [5.41, 5.74) is 6.75. The molecular formula is C18H14N6O2. The standard InChI is InChI=1S/C18H14N6O2/c19-17-22-15-14(20-11-21-15)16(25)24(17)18(26)23(12-7-3-1-4-8-12)13-9-5-2-6-10-13/h1-11H,(H2,19,22)(H,20,21). The first-order valence-corrected chi connectivity index (χ1v) is 7.83. The van der Waals surface area contributed by atoms with Crippen molar-refractivity contribution in [2.45, 2.75) is 0 Å². The highest BCUT2D eigenvalue weighted by atomic mass is 16.2. The molecule has 3 N–H and O–H groups in total. The minimum Gasteiger partial charge on any atom is -0.369 e. The minimum absolute atomic E-state index is 0.0497. The Morgan fingerprint density at radius 2 is 1.58 bits per heavy atom. The van der Waals surface area contributed by atoms with E-state index < -0.39 is 11.6 Å². The van der Waals surface area contributed by atoms with Crippen LogP contribution in [0.2, 0.25) is 0 Å². The summed E-state index contributed by atoms with van der Waals surface area (Å²) in [6.45, 7) is 0. The third-order valence-corrected chi connectivity index (χ3v) is 3.89. The number of imidazole rings is 1. The lowest BCUT2D eigenvalue weighted by Gasteiger charge is -2.23. The van der Waals surface area contributed by atoms with Crippen LogP contribution in [0.3, 0.4) is 0 Å². The summed E-state index contributed by atoms with van der Waals surface area (Å²) >= 11 is 0. The first-order chi connectivity index (χ1) is 12.7. The first kappa shape index (κ1) is 15.6. The number of carbonyl (C=O) groups excluding carboxylic acids is 1. The van der Waals surface area contributed by atoms with Crippen molar-refractivity contribution in [3.63, 3.8) is 0 Å². The number of nitrogens with two attached hydrogens (primary N) is 1. The van der Waals surface area contributed by atoms with Gasteiger partial charge in [0.15, 0.2) is 11.2 Å². The Bertz CT molecular complexity index is 1100. The van der Waals surface area contributed by atoms with Crippen molar-refractivity contribution in [1.82, 2.24) is 19.5 Å². The van der Waals surface area contributed by atoms with Crippen LogP contribution < -0.4 is 16.2 Å². The summed E-state index contributed by atoms with van der Waals surface area (Å²) in [4.78, 5) is 38.1. The quantitative estimate of drug-likeness (QED) is 0.579. The van der Waals surface area contributed by atoms with Gasteiger partial charge in [0.1, 0.15) is 0 Å². The Morgan fingerprint density at radius 3 is 2.15 bits per heavy atom. The molecule has 4 rings (SSSR count). The van der Waals surface area contributed by atoms with Gasteiger partial charge in [-0.15, -0.1) is 0 Å². The van der Waals surface area contributed by atoms with Gasteiger partial charge >= 0.3 is 6.03 Å². The second-order valence-corrected chi connectivity index (χ2v) is 5.50. The summed E-state index contributed by atoms with van der Waals surface area (Å²) in [6.07, 6.45) is 1.33. The number of carbonyl (C=O) groups is 1. The van der Waals surface area contributed by atoms with E-state index in [-0.39, 0.29) is 17.1 Å². The van der Waals surface area contributed by atoms with Gasteiger partial charge in [0.05, 0.1) is 17.7 Å². The Balaban J connectivity index is 1.93. The second kappa shape index (κ2) is 6.17. The van der Waals surface area contributed by atoms with Crippen LogP contribution in [0.5, 0.6) is 0 Å². The molecule has 0 bridgehead atoms. The molecule has 0 fully saturated rings. The fraction of sp³-hybridized carbons (Fsp3) is 0. The van der Waals surface area contributed by atoms with Crippen LogP contribution in [0.25, 0.3) is 11.2 Å². The molecule has 2 aromatic carbocycles. The molecule has 0 saturated heterocycles. The van der Waals surface area contributed by atoms with Crippen LogP contribution >= 0.6 is 0 Å². The number of benzene rings is 2. The molecule has 0 unspecified atom stereocenters. The second-order valence-electron chi connectivity index (χ2n) is 5.50. The highest BCUT2D eigenvalue weighted by Crippen LogP contribution is 2.26. The van der Waals surface area contributed by atoms with Crippen LogP contribution in [0.4, 0.5) is 22.1 Å². The molecule has 0 saturated carbocycles. The third kappa shape index (κ3) is 2.49. The van der Waals surface area contributed by atoms with Gasteiger partial charge in [0.2, 0.25) is 5.95 Å². The Morgan fingerprint density at radius 1 is 1.00 bits per heavy atom. The number of para-hydroxylation sites is 2. The largest absolute Gasteiger partial charge is 0.369 e. The summed E-state index contributed by atoms with van der Waals surface area (Å²) in [7, 11) is 0. The number of nitrogen functional groups attached to an aromatic ring is 1. The maximum Gasteiger partial charge on any atom is 0.343 e. The Hall–Kier alpha value is -3.94. The molecule has 0 aliphatic heterocycles. The smallest absolute Gasteiger partial charge is 0.343 e. The van der Waals surface area contributed by atoms with Gasteiger partial charge in [-0.3, -0.25) is 9.69 Å². The van der Waals surface area contributed by atoms with Gasteiger partial charge < -0.3 is 10.7 Å². The van der Waals surface area contributed by atoms with Crippen molar-refractivity contribution in [1.29, 1.82) is 0 Å². The van der Waals surface area contributed by atoms with Crippen LogP contribution in [0, 0.1) is 0 Å². The molecule has 1 amide bonds. The maximum atomic E-state index is 13.3. The lowest BCUT2D eigenvalue weighted by atomic mass is 10.2. The zero-order valence-electron chi connectivity index (χ0n) is 13.5. The molecule has 8 nitrogen and oxygen atoms in total. The fourth-order valence-corrected chi connectivity index (χ4v) is 2.71. The maximum absolute atomic E-state index is 13.3. The molecule has 4 aromatic rings. The number of rotatable bonds is 2. The van der Waals surface area contributed by atoms with Crippen molar-refractivity contribution < 1.29 is 4.79 Å². The van der Waals surface area contributed by atoms with Gasteiger partial charge in [0.25, 0.3) is 5.56 Å². The van der Waals surface area contributed by atoms with Gasteiger partial charge in [-0.2, -0.15) is 9.55 Å². The van der Waals surface area contributed by atoms with E-state index in [1.165, 1.54) is 11.2 Å². The van der Waals surface area contributed by atoms with Crippen molar-refractivity contribution >= 4 is 34.5 Å². The summed E-state index contributed by atoms with van der Waals surface area (Å²) in [6, 6.07) is 17.4. The summed E-state index contributed by atoms with van der Waals surface area (Å²) in [5.74, 6) is -0.214. The number of nitrogens with one attached hydrogen (secondary N) is 1. The number of anilines is 3. The highest BCUT2D eigenvalue weighted by molar-refractivity contribution is 6.02. The fourth-order valence-electron chi connectivity index (χ4n) is 2.71. The predicted octanol–water partition coefficient (Wildman–Crippen LogP) is 2.51. The van der Waals surface area contributed by atoms with Crippen molar-refractivity contribution in [3.8, 4) is 0 Å². The zero-order valence-corrected chi connectivity index (χ0v) is 13.5. The molecule has 2 heterocycles. The zero-order chi connectivity index (χ0) is 18.1. The van der Waals surface area contributed by atoms with Gasteiger partial charge in [-0.05, 0) is 24.3 Å². The molecule has 0 spiro atoms. The average molecular weight is 346 g/mol. The number of nitrogens with zero attached hydrogens (tertiary/aromatic N) is 4. The van der Waals surface area contributed by atoms with Crippen LogP contribution in [-0.4, -0.2) is 25.6 Å². The third-order valence-electron chi connectivity index (χ3n) is 3.89. The lowest BCUT2D eigenvalue weighted by molar-refractivity contribution is 0.249. The molecule has 8 heteroatoms. The number of aromatic nitrogens is 4. The molecule has 0 radical (unpaired) electrons. The van der Waals surface area contributed by atoms with E-state index in [0.717, 1.165) is 4.57 Å². The monoisotopic (exact) mass is 346 g/mol. The van der Waals surface area contributed by atoms with Gasteiger partial charge in [-0.1, -0.05) is 36.4 Å². The first-order valence-electron chi connectivity index (χ1n) is 7.83. The topological polar surface area (TPSA) is 110 Å². The number of fused-ring (bicyclic) bond motifs is 1. The predicted molar refractivity (Wildman–Crippen MR) is 98.4 cm³/mol. The highest BCUT2D eigenvalue weighted by Gasteiger charge is 2.24. The van der Waals surface area contributed by atoms with Gasteiger partial charge in [-0.25, -0.2) is 9.78 Å². The van der Waals surface area contributed by atoms with E-state index in [9.17, 15) is 9.59 Å². The van der Waals surface area contributed by atoms with Crippen LogP contribution in [0.1, 0.15) is 0 Å². The normalized spacial score (nSPS) is 10.8. The lowest BCUT2D eigenvalue weighted by Crippen LogP contribution is -2.39. The number of hydrogen-bond acceptors (Lipinski definition) is 5. The molecule has 2 aromatic heterocycles. The van der Waals surface area contributed by atoms with E-state index in [0.29, 0.717) is 11.4 Å². The Labute approximate surface area is 147 Å². The summed E-state index contributed by atoms with van der Waals surface area (Å²) in [5, 5.41) is 0. The molecular weight excluding hydrogens is 332 g/mol. The van der Waals surface area contributed by atoms with Crippen molar-refractivity contribution in [2.75, 3.05) is 10.6 Å². The molecule has 0 aliphatic rings. The number of amides is 1.